The molecule has 2 rings (SSSR count). The summed E-state index contributed by atoms with van der Waals surface area (Å²) in [5, 5.41) is 12.3. The van der Waals surface area contributed by atoms with E-state index in [0.29, 0.717) is 13.1 Å². The van der Waals surface area contributed by atoms with Gasteiger partial charge in [0.25, 0.3) is 0 Å². The Hall–Kier alpha value is -1.30. The predicted molar refractivity (Wildman–Crippen MR) is 61.7 cm³/mol. The SMILES string of the molecule is CC(C)(CN1C[C@H]2CNCCN2C1=O)C(=O)O. The van der Waals surface area contributed by atoms with Crippen molar-refractivity contribution in [3.05, 3.63) is 0 Å². The van der Waals surface area contributed by atoms with Gasteiger partial charge in [0.15, 0.2) is 0 Å². The fraction of sp³-hybridized carbons (Fsp3) is 0.818. The van der Waals surface area contributed by atoms with Crippen LogP contribution in [-0.4, -0.2) is 65.7 Å². The minimum atomic E-state index is -0.891. The summed E-state index contributed by atoms with van der Waals surface area (Å²) < 4.78 is 0. The van der Waals surface area contributed by atoms with Gasteiger partial charge in [-0.2, -0.15) is 0 Å². The molecule has 2 amide bonds. The van der Waals surface area contributed by atoms with E-state index in [1.54, 1.807) is 18.7 Å². The highest BCUT2D eigenvalue weighted by Crippen LogP contribution is 2.23. The van der Waals surface area contributed by atoms with Gasteiger partial charge in [-0.1, -0.05) is 0 Å². The lowest BCUT2D eigenvalue weighted by atomic mass is 9.93. The summed E-state index contributed by atoms with van der Waals surface area (Å²) in [6.07, 6.45) is 0. The maximum atomic E-state index is 12.1. The molecule has 0 aromatic carbocycles. The second-order valence-electron chi connectivity index (χ2n) is 5.40. The number of amides is 2. The van der Waals surface area contributed by atoms with Crippen LogP contribution in [0.4, 0.5) is 4.79 Å². The topological polar surface area (TPSA) is 72.9 Å². The molecule has 0 spiro atoms. The van der Waals surface area contributed by atoms with E-state index in [-0.39, 0.29) is 18.6 Å². The molecule has 2 saturated heterocycles. The van der Waals surface area contributed by atoms with Crippen molar-refractivity contribution in [2.75, 3.05) is 32.7 Å². The third-order valence-electron chi connectivity index (χ3n) is 3.46. The van der Waals surface area contributed by atoms with Gasteiger partial charge in [0.1, 0.15) is 0 Å². The molecular formula is C11H19N3O3. The number of carboxylic acid groups (broad SMARTS) is 1. The van der Waals surface area contributed by atoms with E-state index < -0.39 is 11.4 Å². The molecule has 96 valence electrons. The third kappa shape index (κ3) is 2.22. The van der Waals surface area contributed by atoms with Gasteiger partial charge in [0.2, 0.25) is 0 Å². The molecule has 0 aromatic rings. The van der Waals surface area contributed by atoms with E-state index in [0.717, 1.165) is 13.1 Å². The number of rotatable bonds is 3. The van der Waals surface area contributed by atoms with Gasteiger partial charge >= 0.3 is 12.0 Å². The van der Waals surface area contributed by atoms with Crippen LogP contribution in [0.25, 0.3) is 0 Å². The van der Waals surface area contributed by atoms with E-state index in [4.69, 9.17) is 5.11 Å². The van der Waals surface area contributed by atoms with E-state index in [1.165, 1.54) is 0 Å². The first-order valence-electron chi connectivity index (χ1n) is 5.91. The maximum Gasteiger partial charge on any atom is 0.320 e. The first kappa shape index (κ1) is 12.2. The smallest absolute Gasteiger partial charge is 0.320 e. The van der Waals surface area contributed by atoms with Crippen LogP contribution in [0, 0.1) is 5.41 Å². The molecule has 17 heavy (non-hydrogen) atoms. The molecule has 6 nitrogen and oxygen atoms in total. The number of carboxylic acids is 1. The number of hydrogen-bond acceptors (Lipinski definition) is 3. The maximum absolute atomic E-state index is 12.1. The molecular weight excluding hydrogens is 222 g/mol. The molecule has 0 radical (unpaired) electrons. The zero-order valence-corrected chi connectivity index (χ0v) is 10.3. The van der Waals surface area contributed by atoms with Crippen LogP contribution >= 0.6 is 0 Å². The Morgan fingerprint density at radius 3 is 2.88 bits per heavy atom. The van der Waals surface area contributed by atoms with Gasteiger partial charge in [0, 0.05) is 32.7 Å². The Morgan fingerprint density at radius 1 is 1.59 bits per heavy atom. The number of carbonyl (C=O) groups excluding carboxylic acids is 1. The molecule has 2 N–H and O–H groups in total. The van der Waals surface area contributed by atoms with Crippen molar-refractivity contribution in [2.24, 2.45) is 5.41 Å². The fourth-order valence-electron chi connectivity index (χ4n) is 2.37. The number of hydrogen-bond donors (Lipinski definition) is 2. The van der Waals surface area contributed by atoms with Gasteiger partial charge in [-0.25, -0.2) is 4.79 Å². The molecule has 0 saturated carbocycles. The summed E-state index contributed by atoms with van der Waals surface area (Å²) in [5.41, 5.74) is -0.891. The molecule has 2 fully saturated rings. The summed E-state index contributed by atoms with van der Waals surface area (Å²) in [6, 6.07) is 0.173. The van der Waals surface area contributed by atoms with E-state index in [9.17, 15) is 9.59 Å². The number of carbonyl (C=O) groups is 2. The average molecular weight is 241 g/mol. The predicted octanol–water partition coefficient (Wildman–Crippen LogP) is -0.193. The molecule has 2 aliphatic rings. The van der Waals surface area contributed by atoms with Crippen molar-refractivity contribution in [3.8, 4) is 0 Å². The molecule has 2 aliphatic heterocycles. The van der Waals surface area contributed by atoms with Crippen LogP contribution in [0.3, 0.4) is 0 Å². The summed E-state index contributed by atoms with van der Waals surface area (Å²) in [6.45, 7) is 6.54. The van der Waals surface area contributed by atoms with Gasteiger partial charge in [-0.05, 0) is 13.8 Å². The Balaban J connectivity index is 2.04. The molecule has 1 atom stereocenters. The van der Waals surface area contributed by atoms with E-state index >= 15 is 0 Å². The highest BCUT2D eigenvalue weighted by molar-refractivity contribution is 5.79. The zero-order valence-electron chi connectivity index (χ0n) is 10.3. The quantitative estimate of drug-likeness (QED) is 0.718. The molecule has 6 heteroatoms. The lowest BCUT2D eigenvalue weighted by Gasteiger charge is -2.28. The van der Waals surface area contributed by atoms with Crippen molar-refractivity contribution in [1.29, 1.82) is 0 Å². The van der Waals surface area contributed by atoms with E-state index in [2.05, 4.69) is 5.32 Å². The first-order valence-corrected chi connectivity index (χ1v) is 5.91. The second-order valence-corrected chi connectivity index (χ2v) is 5.40. The normalized spacial score (nSPS) is 25.1. The van der Waals surface area contributed by atoms with Crippen LogP contribution < -0.4 is 5.32 Å². The van der Waals surface area contributed by atoms with Crippen LogP contribution in [-0.2, 0) is 4.79 Å². The summed E-state index contributed by atoms with van der Waals surface area (Å²) in [4.78, 5) is 26.6. The van der Waals surface area contributed by atoms with Crippen molar-refractivity contribution in [3.63, 3.8) is 0 Å². The van der Waals surface area contributed by atoms with Crippen LogP contribution in [0.1, 0.15) is 13.8 Å². The van der Waals surface area contributed by atoms with Gasteiger partial charge in [-0.15, -0.1) is 0 Å². The minimum absolute atomic E-state index is 0.0224. The summed E-state index contributed by atoms with van der Waals surface area (Å²) in [5.74, 6) is -0.867. The van der Waals surface area contributed by atoms with E-state index in [1.807, 2.05) is 4.90 Å². The van der Waals surface area contributed by atoms with Crippen molar-refractivity contribution < 1.29 is 14.7 Å². The highest BCUT2D eigenvalue weighted by atomic mass is 16.4. The number of nitrogens with zero attached hydrogens (tertiary/aromatic N) is 2. The zero-order chi connectivity index (χ0) is 12.6. The van der Waals surface area contributed by atoms with Crippen molar-refractivity contribution in [2.45, 2.75) is 19.9 Å². The molecule has 2 heterocycles. The van der Waals surface area contributed by atoms with Gasteiger partial charge in [0.05, 0.1) is 11.5 Å². The standard InChI is InChI=1S/C11H19N3O3/c1-11(2,9(15)16)7-13-6-8-5-12-3-4-14(8)10(13)17/h8,12H,3-7H2,1-2H3,(H,15,16)/t8-/m1/s1. The third-order valence-corrected chi connectivity index (χ3v) is 3.46. The summed E-state index contributed by atoms with van der Waals surface area (Å²) >= 11 is 0. The Bertz CT molecular complexity index is 343. The average Bonchev–Trinajstić information content (AvgIpc) is 2.56. The number of piperazine rings is 1. The van der Waals surface area contributed by atoms with Crippen LogP contribution in [0.2, 0.25) is 0 Å². The number of urea groups is 1. The second kappa shape index (κ2) is 4.18. The number of aliphatic carboxylic acids is 1. The molecule has 0 aromatic heterocycles. The Labute approximate surface area is 101 Å². The van der Waals surface area contributed by atoms with Crippen LogP contribution in [0.5, 0.6) is 0 Å². The highest BCUT2D eigenvalue weighted by Gasteiger charge is 2.41. The molecule has 0 bridgehead atoms. The largest absolute Gasteiger partial charge is 0.481 e. The fourth-order valence-corrected chi connectivity index (χ4v) is 2.37. The van der Waals surface area contributed by atoms with Crippen molar-refractivity contribution >= 4 is 12.0 Å². The molecule has 0 aliphatic carbocycles. The van der Waals surface area contributed by atoms with Crippen LogP contribution in [0.15, 0.2) is 0 Å². The Morgan fingerprint density at radius 2 is 2.29 bits per heavy atom. The number of nitrogens with one attached hydrogen (secondary N) is 1. The minimum Gasteiger partial charge on any atom is -0.481 e. The molecule has 0 unspecified atom stereocenters. The van der Waals surface area contributed by atoms with Crippen molar-refractivity contribution in [1.82, 2.24) is 15.1 Å². The number of fused-ring (bicyclic) bond motifs is 1. The first-order chi connectivity index (χ1) is 7.92. The lowest BCUT2D eigenvalue weighted by molar-refractivity contribution is -0.147. The van der Waals surface area contributed by atoms with Gasteiger partial charge < -0.3 is 20.2 Å². The lowest BCUT2D eigenvalue weighted by Crippen LogP contribution is -2.50. The van der Waals surface area contributed by atoms with Gasteiger partial charge in [-0.3, -0.25) is 4.79 Å². The monoisotopic (exact) mass is 241 g/mol. The summed E-state index contributed by atoms with van der Waals surface area (Å²) in [7, 11) is 0. The Kier molecular flexibility index (Phi) is 2.99.